The molecular formula is C18H27N. The molecule has 2 fully saturated rings. The van der Waals surface area contributed by atoms with E-state index in [0.717, 1.165) is 17.9 Å². The molecule has 1 aromatic rings. The van der Waals surface area contributed by atoms with Crippen molar-refractivity contribution in [3.63, 3.8) is 0 Å². The van der Waals surface area contributed by atoms with E-state index in [-0.39, 0.29) is 0 Å². The predicted molar refractivity (Wildman–Crippen MR) is 81.5 cm³/mol. The molecule has 2 aliphatic carbocycles. The van der Waals surface area contributed by atoms with Crippen molar-refractivity contribution in [3.05, 3.63) is 35.4 Å². The van der Waals surface area contributed by atoms with E-state index in [4.69, 9.17) is 0 Å². The molecule has 0 aromatic heterocycles. The minimum Gasteiger partial charge on any atom is -0.314 e. The first kappa shape index (κ1) is 13.2. The normalized spacial score (nSPS) is 28.1. The highest BCUT2D eigenvalue weighted by Crippen LogP contribution is 2.37. The Morgan fingerprint density at radius 3 is 2.37 bits per heavy atom. The number of hydrogen-bond donors (Lipinski definition) is 1. The SMILES string of the molecule is Cc1ccc(C2CC(NCC3CCCCC3)C2)cc1. The lowest BCUT2D eigenvalue weighted by Crippen LogP contribution is -2.42. The van der Waals surface area contributed by atoms with E-state index in [9.17, 15) is 0 Å². The van der Waals surface area contributed by atoms with Crippen LogP contribution in [0.4, 0.5) is 0 Å². The summed E-state index contributed by atoms with van der Waals surface area (Å²) in [6.45, 7) is 3.43. The first-order valence-electron chi connectivity index (χ1n) is 8.11. The van der Waals surface area contributed by atoms with Crippen LogP contribution in [-0.2, 0) is 0 Å². The summed E-state index contributed by atoms with van der Waals surface area (Å²) in [5.74, 6) is 1.77. The molecule has 104 valence electrons. The van der Waals surface area contributed by atoms with E-state index in [1.807, 2.05) is 0 Å². The van der Waals surface area contributed by atoms with E-state index in [1.165, 1.54) is 57.1 Å². The molecule has 0 saturated heterocycles. The van der Waals surface area contributed by atoms with Crippen molar-refractivity contribution in [2.24, 2.45) is 5.92 Å². The lowest BCUT2D eigenvalue weighted by atomic mass is 9.75. The van der Waals surface area contributed by atoms with Gasteiger partial charge in [-0.05, 0) is 56.6 Å². The lowest BCUT2D eigenvalue weighted by molar-refractivity contribution is 0.255. The summed E-state index contributed by atoms with van der Waals surface area (Å²) >= 11 is 0. The molecule has 0 spiro atoms. The van der Waals surface area contributed by atoms with Gasteiger partial charge in [0.25, 0.3) is 0 Å². The maximum Gasteiger partial charge on any atom is 0.00788 e. The van der Waals surface area contributed by atoms with Crippen molar-refractivity contribution in [1.82, 2.24) is 5.32 Å². The van der Waals surface area contributed by atoms with Gasteiger partial charge in [-0.3, -0.25) is 0 Å². The molecule has 0 amide bonds. The van der Waals surface area contributed by atoms with Crippen molar-refractivity contribution in [2.75, 3.05) is 6.54 Å². The molecule has 0 heterocycles. The van der Waals surface area contributed by atoms with Gasteiger partial charge in [0, 0.05) is 6.04 Å². The Labute approximate surface area is 117 Å². The molecule has 3 rings (SSSR count). The maximum absolute atomic E-state index is 3.80. The molecule has 1 aromatic carbocycles. The molecule has 0 bridgehead atoms. The van der Waals surface area contributed by atoms with E-state index in [0.29, 0.717) is 0 Å². The Hall–Kier alpha value is -0.820. The molecular weight excluding hydrogens is 230 g/mol. The first-order valence-corrected chi connectivity index (χ1v) is 8.11. The van der Waals surface area contributed by atoms with Gasteiger partial charge in [-0.1, -0.05) is 49.1 Å². The highest BCUT2D eigenvalue weighted by molar-refractivity contribution is 5.26. The van der Waals surface area contributed by atoms with Gasteiger partial charge >= 0.3 is 0 Å². The summed E-state index contributed by atoms with van der Waals surface area (Å²) in [5, 5.41) is 3.80. The van der Waals surface area contributed by atoms with E-state index in [2.05, 4.69) is 36.5 Å². The zero-order chi connectivity index (χ0) is 13.1. The van der Waals surface area contributed by atoms with Crippen molar-refractivity contribution < 1.29 is 0 Å². The smallest absolute Gasteiger partial charge is 0.00788 e. The van der Waals surface area contributed by atoms with E-state index >= 15 is 0 Å². The second-order valence-electron chi connectivity index (χ2n) is 6.69. The van der Waals surface area contributed by atoms with Crippen molar-refractivity contribution in [3.8, 4) is 0 Å². The standard InChI is InChI=1S/C18H27N/c1-14-7-9-16(10-8-14)17-11-18(12-17)19-13-15-5-3-2-4-6-15/h7-10,15,17-19H,2-6,11-13H2,1H3. The van der Waals surface area contributed by atoms with Gasteiger partial charge in [-0.2, -0.15) is 0 Å². The minimum absolute atomic E-state index is 0.785. The van der Waals surface area contributed by atoms with Gasteiger partial charge in [-0.15, -0.1) is 0 Å². The van der Waals surface area contributed by atoms with Crippen LogP contribution >= 0.6 is 0 Å². The van der Waals surface area contributed by atoms with Crippen LogP contribution < -0.4 is 5.32 Å². The molecule has 0 aliphatic heterocycles. The molecule has 1 heteroatoms. The van der Waals surface area contributed by atoms with Crippen LogP contribution in [-0.4, -0.2) is 12.6 Å². The fraction of sp³-hybridized carbons (Fsp3) is 0.667. The molecule has 2 saturated carbocycles. The first-order chi connectivity index (χ1) is 9.31. The Morgan fingerprint density at radius 1 is 1.00 bits per heavy atom. The molecule has 1 nitrogen and oxygen atoms in total. The summed E-state index contributed by atoms with van der Waals surface area (Å²) in [4.78, 5) is 0. The average molecular weight is 257 g/mol. The molecule has 2 aliphatic rings. The Kier molecular flexibility index (Phi) is 4.22. The summed E-state index contributed by atoms with van der Waals surface area (Å²) < 4.78 is 0. The minimum atomic E-state index is 0.785. The van der Waals surface area contributed by atoms with Crippen LogP contribution in [0.25, 0.3) is 0 Å². The van der Waals surface area contributed by atoms with Crippen molar-refractivity contribution in [2.45, 2.75) is 63.8 Å². The van der Waals surface area contributed by atoms with Gasteiger partial charge in [0.15, 0.2) is 0 Å². The molecule has 0 unspecified atom stereocenters. The Morgan fingerprint density at radius 2 is 1.68 bits per heavy atom. The summed E-state index contributed by atoms with van der Waals surface area (Å²) in [5.41, 5.74) is 2.91. The highest BCUT2D eigenvalue weighted by atomic mass is 14.9. The number of nitrogens with one attached hydrogen (secondary N) is 1. The Balaban J connectivity index is 1.39. The number of rotatable bonds is 4. The number of hydrogen-bond acceptors (Lipinski definition) is 1. The third kappa shape index (κ3) is 3.39. The van der Waals surface area contributed by atoms with Gasteiger partial charge in [0.1, 0.15) is 0 Å². The fourth-order valence-electron chi connectivity index (χ4n) is 3.62. The van der Waals surface area contributed by atoms with Gasteiger partial charge in [0.05, 0.1) is 0 Å². The topological polar surface area (TPSA) is 12.0 Å². The Bertz CT molecular complexity index is 383. The van der Waals surface area contributed by atoms with Crippen LogP contribution in [0.3, 0.4) is 0 Å². The predicted octanol–water partition coefficient (Wildman–Crippen LogP) is 4.41. The monoisotopic (exact) mass is 257 g/mol. The van der Waals surface area contributed by atoms with Crippen LogP contribution in [0.5, 0.6) is 0 Å². The number of aryl methyl sites for hydroxylation is 1. The summed E-state index contributed by atoms with van der Waals surface area (Å²) in [7, 11) is 0. The van der Waals surface area contributed by atoms with Crippen molar-refractivity contribution in [1.29, 1.82) is 0 Å². The maximum atomic E-state index is 3.80. The lowest BCUT2D eigenvalue weighted by Gasteiger charge is -2.37. The zero-order valence-electron chi connectivity index (χ0n) is 12.2. The van der Waals surface area contributed by atoms with Crippen molar-refractivity contribution >= 4 is 0 Å². The molecule has 0 radical (unpaired) electrons. The largest absolute Gasteiger partial charge is 0.314 e. The molecule has 1 N–H and O–H groups in total. The van der Waals surface area contributed by atoms with Crippen LogP contribution in [0, 0.1) is 12.8 Å². The molecule has 19 heavy (non-hydrogen) atoms. The zero-order valence-corrected chi connectivity index (χ0v) is 12.2. The fourth-order valence-corrected chi connectivity index (χ4v) is 3.62. The third-order valence-electron chi connectivity index (χ3n) is 5.11. The quantitative estimate of drug-likeness (QED) is 0.842. The van der Waals surface area contributed by atoms with Gasteiger partial charge in [-0.25, -0.2) is 0 Å². The third-order valence-corrected chi connectivity index (χ3v) is 5.11. The second kappa shape index (κ2) is 6.09. The molecule has 0 atom stereocenters. The summed E-state index contributed by atoms with van der Waals surface area (Å²) in [6, 6.07) is 9.92. The van der Waals surface area contributed by atoms with E-state index < -0.39 is 0 Å². The average Bonchev–Trinajstić information content (AvgIpc) is 2.40. The van der Waals surface area contributed by atoms with Crippen LogP contribution in [0.15, 0.2) is 24.3 Å². The van der Waals surface area contributed by atoms with Gasteiger partial charge in [0.2, 0.25) is 0 Å². The van der Waals surface area contributed by atoms with Gasteiger partial charge < -0.3 is 5.32 Å². The number of benzene rings is 1. The van der Waals surface area contributed by atoms with Crippen LogP contribution in [0.1, 0.15) is 62.0 Å². The van der Waals surface area contributed by atoms with Crippen LogP contribution in [0.2, 0.25) is 0 Å². The second-order valence-corrected chi connectivity index (χ2v) is 6.69. The summed E-state index contributed by atoms with van der Waals surface area (Å²) in [6.07, 6.45) is 10.00. The van der Waals surface area contributed by atoms with E-state index in [1.54, 1.807) is 5.56 Å². The highest BCUT2D eigenvalue weighted by Gasteiger charge is 2.30.